The number of nitrogens with zero attached hydrogens (tertiary/aromatic N) is 2. The Kier molecular flexibility index (Phi) is 6.17. The highest BCUT2D eigenvalue weighted by atomic mass is 19.1. The molecule has 2 heterocycles. The molecule has 0 amide bonds. The molecule has 0 unspecified atom stereocenters. The molecule has 0 radical (unpaired) electrons. The Labute approximate surface area is 188 Å². The number of benzene rings is 2. The number of hydrogen-bond acceptors (Lipinski definition) is 5. The van der Waals surface area contributed by atoms with Crippen molar-refractivity contribution in [1.29, 1.82) is 0 Å². The van der Waals surface area contributed by atoms with Crippen LogP contribution in [-0.2, 0) is 16.0 Å². The zero-order valence-corrected chi connectivity index (χ0v) is 18.2. The van der Waals surface area contributed by atoms with Crippen LogP contribution in [0.2, 0.25) is 0 Å². The third-order valence-corrected chi connectivity index (χ3v) is 5.41. The monoisotopic (exact) mass is 447 g/mol. The summed E-state index contributed by atoms with van der Waals surface area (Å²) in [6.07, 6.45) is 0.162. The molecule has 2 aromatic heterocycles. The summed E-state index contributed by atoms with van der Waals surface area (Å²) in [5.41, 5.74) is 2.94. The van der Waals surface area contributed by atoms with E-state index in [9.17, 15) is 18.8 Å². The van der Waals surface area contributed by atoms with Crippen LogP contribution in [0.15, 0.2) is 59.4 Å². The Bertz CT molecular complexity index is 1400. The van der Waals surface area contributed by atoms with Crippen molar-refractivity contribution >= 4 is 22.7 Å². The van der Waals surface area contributed by atoms with Crippen molar-refractivity contribution in [2.45, 2.75) is 26.7 Å². The zero-order valence-electron chi connectivity index (χ0n) is 18.2. The first kappa shape index (κ1) is 22.1. The van der Waals surface area contributed by atoms with Gasteiger partial charge in [-0.25, -0.2) is 9.37 Å². The van der Waals surface area contributed by atoms with Gasteiger partial charge in [0.15, 0.2) is 6.61 Å². The van der Waals surface area contributed by atoms with Gasteiger partial charge in [-0.3, -0.25) is 14.4 Å². The largest absolute Gasteiger partial charge is 0.457 e. The van der Waals surface area contributed by atoms with Gasteiger partial charge in [-0.1, -0.05) is 12.1 Å². The van der Waals surface area contributed by atoms with Gasteiger partial charge in [-0.15, -0.1) is 0 Å². The number of halogens is 1. The molecule has 0 spiro atoms. The van der Waals surface area contributed by atoms with E-state index in [1.54, 1.807) is 49.4 Å². The van der Waals surface area contributed by atoms with Crippen molar-refractivity contribution in [1.82, 2.24) is 14.5 Å². The normalized spacial score (nSPS) is 11.0. The predicted molar refractivity (Wildman–Crippen MR) is 121 cm³/mol. The van der Waals surface area contributed by atoms with Crippen LogP contribution in [0, 0.1) is 19.7 Å². The number of ketones is 1. The predicted octanol–water partition coefficient (Wildman–Crippen LogP) is 3.83. The van der Waals surface area contributed by atoms with Crippen LogP contribution in [0.3, 0.4) is 0 Å². The average molecular weight is 447 g/mol. The molecular weight excluding hydrogens is 425 g/mol. The average Bonchev–Trinajstić information content (AvgIpc) is 3.10. The number of fused-ring (bicyclic) bond motifs is 1. The topological polar surface area (TPSA) is 94.1 Å². The second-order valence-corrected chi connectivity index (χ2v) is 7.71. The van der Waals surface area contributed by atoms with Gasteiger partial charge in [0.05, 0.1) is 17.3 Å². The van der Waals surface area contributed by atoms with Crippen LogP contribution in [0.4, 0.5) is 4.39 Å². The highest BCUT2D eigenvalue weighted by Crippen LogP contribution is 2.21. The standard InChI is InChI=1S/C25H22FN3O4/c1-15-13-20(16(2)29(15)18-9-7-17(26)8-10-18)22(30)14-33-24(31)12-11-23-27-21-6-4-3-5-19(21)25(32)28-23/h3-10,13H,11-12,14H2,1-2H3,(H,27,28,32). The molecule has 7 nitrogen and oxygen atoms in total. The fraction of sp³-hybridized carbons (Fsp3) is 0.200. The molecule has 168 valence electrons. The molecule has 1 N–H and O–H groups in total. The maximum absolute atomic E-state index is 13.2. The van der Waals surface area contributed by atoms with Crippen LogP contribution in [0.25, 0.3) is 16.6 Å². The van der Waals surface area contributed by atoms with Crippen molar-refractivity contribution in [3.63, 3.8) is 0 Å². The summed E-state index contributed by atoms with van der Waals surface area (Å²) in [7, 11) is 0. The van der Waals surface area contributed by atoms with Crippen molar-refractivity contribution in [2.75, 3.05) is 6.61 Å². The minimum absolute atomic E-state index is 0.0246. The number of carbonyl (C=O) groups is 2. The second-order valence-electron chi connectivity index (χ2n) is 7.71. The minimum atomic E-state index is -0.563. The van der Waals surface area contributed by atoms with Gasteiger partial charge in [0.2, 0.25) is 5.78 Å². The fourth-order valence-electron chi connectivity index (χ4n) is 3.80. The summed E-state index contributed by atoms with van der Waals surface area (Å²) < 4.78 is 20.2. The highest BCUT2D eigenvalue weighted by molar-refractivity contribution is 5.99. The van der Waals surface area contributed by atoms with Gasteiger partial charge in [-0.2, -0.15) is 0 Å². The summed E-state index contributed by atoms with van der Waals surface area (Å²) in [4.78, 5) is 44.0. The number of para-hydroxylation sites is 1. The number of esters is 1. The molecule has 0 saturated carbocycles. The first-order valence-corrected chi connectivity index (χ1v) is 10.4. The van der Waals surface area contributed by atoms with E-state index >= 15 is 0 Å². The molecule has 0 saturated heterocycles. The quantitative estimate of drug-likeness (QED) is 0.343. The molecule has 4 aromatic rings. The lowest BCUT2D eigenvalue weighted by Crippen LogP contribution is -2.17. The van der Waals surface area contributed by atoms with E-state index < -0.39 is 12.6 Å². The maximum Gasteiger partial charge on any atom is 0.306 e. The van der Waals surface area contributed by atoms with Gasteiger partial charge in [0, 0.05) is 29.1 Å². The van der Waals surface area contributed by atoms with Crippen molar-refractivity contribution in [3.05, 3.63) is 93.5 Å². The van der Waals surface area contributed by atoms with Gasteiger partial charge in [-0.05, 0) is 56.3 Å². The molecular formula is C25H22FN3O4. The Morgan fingerprint density at radius 1 is 1.09 bits per heavy atom. The first-order chi connectivity index (χ1) is 15.8. The first-order valence-electron chi connectivity index (χ1n) is 10.4. The second kappa shape index (κ2) is 9.20. The number of ether oxygens (including phenoxy) is 1. The number of aromatic amines is 1. The van der Waals surface area contributed by atoms with E-state index in [1.165, 1.54) is 12.1 Å². The van der Waals surface area contributed by atoms with Gasteiger partial charge in [0.1, 0.15) is 11.6 Å². The Morgan fingerprint density at radius 3 is 2.58 bits per heavy atom. The van der Waals surface area contributed by atoms with E-state index in [4.69, 9.17) is 4.74 Å². The van der Waals surface area contributed by atoms with Crippen LogP contribution >= 0.6 is 0 Å². The zero-order chi connectivity index (χ0) is 23.5. The van der Waals surface area contributed by atoms with Gasteiger partial charge >= 0.3 is 5.97 Å². The summed E-state index contributed by atoms with van der Waals surface area (Å²) in [5.74, 6) is -0.856. The van der Waals surface area contributed by atoms with Crippen molar-refractivity contribution in [2.24, 2.45) is 0 Å². The summed E-state index contributed by atoms with van der Waals surface area (Å²) in [6.45, 7) is 3.23. The van der Waals surface area contributed by atoms with Crippen molar-refractivity contribution in [3.8, 4) is 5.69 Å². The van der Waals surface area contributed by atoms with Crippen LogP contribution in [0.1, 0.15) is 34.0 Å². The van der Waals surface area contributed by atoms with Gasteiger partial charge < -0.3 is 14.3 Å². The summed E-state index contributed by atoms with van der Waals surface area (Å²) in [5, 5.41) is 0.479. The summed E-state index contributed by atoms with van der Waals surface area (Å²) >= 11 is 0. The summed E-state index contributed by atoms with van der Waals surface area (Å²) in [6, 6.07) is 14.6. The molecule has 0 bridgehead atoms. The van der Waals surface area contributed by atoms with Crippen LogP contribution < -0.4 is 5.56 Å². The number of Topliss-reactive ketones (excluding diaryl/α,β-unsaturated/α-hetero) is 1. The fourth-order valence-corrected chi connectivity index (χ4v) is 3.80. The number of nitrogens with one attached hydrogen (secondary N) is 1. The number of carbonyl (C=O) groups excluding carboxylic acids is 2. The van der Waals surface area contributed by atoms with Crippen LogP contribution in [0.5, 0.6) is 0 Å². The highest BCUT2D eigenvalue weighted by Gasteiger charge is 2.18. The van der Waals surface area contributed by atoms with E-state index in [0.717, 1.165) is 11.4 Å². The number of aromatic nitrogens is 3. The van der Waals surface area contributed by atoms with E-state index in [2.05, 4.69) is 9.97 Å². The third kappa shape index (κ3) is 4.74. The minimum Gasteiger partial charge on any atom is -0.457 e. The molecule has 33 heavy (non-hydrogen) atoms. The number of rotatable bonds is 7. The lowest BCUT2D eigenvalue weighted by Gasteiger charge is -2.10. The van der Waals surface area contributed by atoms with Gasteiger partial charge in [0.25, 0.3) is 5.56 Å². The molecule has 4 rings (SSSR count). The maximum atomic E-state index is 13.2. The van der Waals surface area contributed by atoms with Crippen molar-refractivity contribution < 1.29 is 18.7 Å². The lowest BCUT2D eigenvalue weighted by molar-refractivity contribution is -0.142. The molecule has 0 fully saturated rings. The molecule has 8 heteroatoms. The Morgan fingerprint density at radius 2 is 1.82 bits per heavy atom. The SMILES string of the molecule is Cc1cc(C(=O)COC(=O)CCc2nc3ccccc3c(=O)[nH]2)c(C)n1-c1ccc(F)cc1. The molecule has 2 aromatic carbocycles. The Hall–Kier alpha value is -4.07. The molecule has 0 aliphatic rings. The lowest BCUT2D eigenvalue weighted by atomic mass is 10.1. The molecule has 0 aliphatic carbocycles. The molecule has 0 atom stereocenters. The van der Waals surface area contributed by atoms with E-state index in [0.29, 0.717) is 28.0 Å². The smallest absolute Gasteiger partial charge is 0.306 e. The van der Waals surface area contributed by atoms with E-state index in [-0.39, 0.29) is 30.0 Å². The van der Waals surface area contributed by atoms with E-state index in [1.807, 2.05) is 11.5 Å². The number of hydrogen-bond donors (Lipinski definition) is 1. The molecule has 0 aliphatic heterocycles. The Balaban J connectivity index is 1.38. The number of aryl methyl sites for hydroxylation is 2. The van der Waals surface area contributed by atoms with Crippen LogP contribution in [-0.4, -0.2) is 32.9 Å². The third-order valence-electron chi connectivity index (χ3n) is 5.41. The number of H-pyrrole nitrogens is 1.